The molecule has 0 aliphatic carbocycles. The SMILES string of the molecule is NNc1nc(Cl)nc2c1oc1ccccc12. The van der Waals surface area contributed by atoms with Gasteiger partial charge in [-0.15, -0.1) is 0 Å². The maximum Gasteiger partial charge on any atom is 0.225 e. The molecule has 3 rings (SSSR count). The van der Waals surface area contributed by atoms with Crippen LogP contribution in [0.5, 0.6) is 0 Å². The van der Waals surface area contributed by atoms with E-state index < -0.39 is 0 Å². The lowest BCUT2D eigenvalue weighted by atomic mass is 10.2. The number of nitrogens with zero attached hydrogens (tertiary/aromatic N) is 2. The van der Waals surface area contributed by atoms with Gasteiger partial charge in [0.15, 0.2) is 11.4 Å². The minimum Gasteiger partial charge on any atom is -0.450 e. The fourth-order valence-electron chi connectivity index (χ4n) is 1.66. The summed E-state index contributed by atoms with van der Waals surface area (Å²) in [7, 11) is 0. The Hall–Kier alpha value is -1.85. The molecule has 0 amide bonds. The van der Waals surface area contributed by atoms with Crippen LogP contribution in [0, 0.1) is 0 Å². The van der Waals surface area contributed by atoms with E-state index in [0.717, 1.165) is 11.0 Å². The van der Waals surface area contributed by atoms with E-state index in [1.807, 2.05) is 24.3 Å². The molecular formula is C10H7ClN4O. The zero-order chi connectivity index (χ0) is 11.1. The molecule has 3 aromatic rings. The van der Waals surface area contributed by atoms with E-state index in [2.05, 4.69) is 15.4 Å². The molecule has 0 aliphatic heterocycles. The number of hydrazine groups is 1. The van der Waals surface area contributed by atoms with E-state index in [0.29, 0.717) is 16.9 Å². The van der Waals surface area contributed by atoms with Gasteiger partial charge in [-0.3, -0.25) is 0 Å². The quantitative estimate of drug-likeness (QED) is 0.384. The van der Waals surface area contributed by atoms with Crippen molar-refractivity contribution in [3.05, 3.63) is 29.5 Å². The molecule has 16 heavy (non-hydrogen) atoms. The van der Waals surface area contributed by atoms with Crippen molar-refractivity contribution in [2.75, 3.05) is 5.43 Å². The number of hydrogen-bond donors (Lipinski definition) is 2. The maximum atomic E-state index is 5.80. The van der Waals surface area contributed by atoms with Gasteiger partial charge >= 0.3 is 0 Å². The van der Waals surface area contributed by atoms with Gasteiger partial charge < -0.3 is 9.84 Å². The summed E-state index contributed by atoms with van der Waals surface area (Å²) in [5.41, 5.74) is 4.33. The fourth-order valence-corrected chi connectivity index (χ4v) is 1.83. The Labute approximate surface area is 95.2 Å². The molecule has 0 atom stereocenters. The van der Waals surface area contributed by atoms with Gasteiger partial charge in [-0.1, -0.05) is 12.1 Å². The number of rotatable bonds is 1. The fraction of sp³-hybridized carbons (Fsp3) is 0. The Morgan fingerprint density at radius 2 is 2.06 bits per heavy atom. The van der Waals surface area contributed by atoms with E-state index in [1.165, 1.54) is 0 Å². The summed E-state index contributed by atoms with van der Waals surface area (Å²) in [5, 5.41) is 1.02. The number of aromatic nitrogens is 2. The van der Waals surface area contributed by atoms with Crippen molar-refractivity contribution >= 4 is 39.5 Å². The summed E-state index contributed by atoms with van der Waals surface area (Å²) < 4.78 is 5.60. The van der Waals surface area contributed by atoms with E-state index in [1.54, 1.807) is 0 Å². The van der Waals surface area contributed by atoms with Crippen LogP contribution in [0.1, 0.15) is 0 Å². The molecule has 0 spiro atoms. The molecule has 0 unspecified atom stereocenters. The lowest BCUT2D eigenvalue weighted by Gasteiger charge is -1.98. The maximum absolute atomic E-state index is 5.80. The Bertz CT molecular complexity index is 679. The summed E-state index contributed by atoms with van der Waals surface area (Å²) in [4.78, 5) is 8.08. The van der Waals surface area contributed by atoms with Crippen molar-refractivity contribution in [1.82, 2.24) is 9.97 Å². The first-order valence-corrected chi connectivity index (χ1v) is 4.99. The van der Waals surface area contributed by atoms with Gasteiger partial charge in [0, 0.05) is 5.39 Å². The average Bonchev–Trinajstić information content (AvgIpc) is 2.67. The van der Waals surface area contributed by atoms with Gasteiger partial charge in [0.2, 0.25) is 5.28 Å². The zero-order valence-corrected chi connectivity index (χ0v) is 8.82. The second-order valence-electron chi connectivity index (χ2n) is 3.26. The smallest absolute Gasteiger partial charge is 0.225 e. The third-order valence-corrected chi connectivity index (χ3v) is 2.50. The number of benzene rings is 1. The topological polar surface area (TPSA) is 77.0 Å². The lowest BCUT2D eigenvalue weighted by molar-refractivity contribution is 0.667. The van der Waals surface area contributed by atoms with Crippen LogP contribution in [0.2, 0.25) is 5.28 Å². The highest BCUT2D eigenvalue weighted by Gasteiger charge is 2.13. The summed E-state index contributed by atoms with van der Waals surface area (Å²) >= 11 is 5.80. The van der Waals surface area contributed by atoms with Crippen molar-refractivity contribution in [3.8, 4) is 0 Å². The Morgan fingerprint density at radius 3 is 2.88 bits per heavy atom. The van der Waals surface area contributed by atoms with Crippen molar-refractivity contribution < 1.29 is 4.42 Å². The monoisotopic (exact) mass is 234 g/mol. The number of nitrogens with two attached hydrogens (primary N) is 1. The van der Waals surface area contributed by atoms with Crippen molar-refractivity contribution in [1.29, 1.82) is 0 Å². The molecule has 0 aliphatic rings. The van der Waals surface area contributed by atoms with Gasteiger partial charge in [-0.2, -0.15) is 4.98 Å². The standard InChI is InChI=1S/C10H7ClN4O/c11-10-13-7-5-3-1-2-4-6(5)16-8(7)9(14-10)15-12/h1-4H,12H2,(H,13,14,15). The van der Waals surface area contributed by atoms with Crippen LogP contribution >= 0.6 is 11.6 Å². The minimum absolute atomic E-state index is 0.131. The predicted molar refractivity (Wildman–Crippen MR) is 62.1 cm³/mol. The third kappa shape index (κ3) is 1.22. The Kier molecular flexibility index (Phi) is 1.95. The van der Waals surface area contributed by atoms with Crippen molar-refractivity contribution in [2.45, 2.75) is 0 Å². The number of nitrogen functional groups attached to an aromatic ring is 1. The summed E-state index contributed by atoms with van der Waals surface area (Å²) in [6.45, 7) is 0. The number of para-hydroxylation sites is 1. The lowest BCUT2D eigenvalue weighted by Crippen LogP contribution is -2.09. The molecule has 0 radical (unpaired) electrons. The van der Waals surface area contributed by atoms with Crippen LogP contribution in [0.4, 0.5) is 5.82 Å². The van der Waals surface area contributed by atoms with Gasteiger partial charge in [-0.25, -0.2) is 10.8 Å². The highest BCUT2D eigenvalue weighted by atomic mass is 35.5. The van der Waals surface area contributed by atoms with Crippen LogP contribution in [0.15, 0.2) is 28.7 Å². The largest absolute Gasteiger partial charge is 0.450 e. The van der Waals surface area contributed by atoms with Crippen LogP contribution in [-0.2, 0) is 0 Å². The number of fused-ring (bicyclic) bond motifs is 3. The third-order valence-electron chi connectivity index (χ3n) is 2.33. The van der Waals surface area contributed by atoms with Gasteiger partial charge in [0.05, 0.1) is 0 Å². The Balaban J connectivity index is 2.54. The number of anilines is 1. The van der Waals surface area contributed by atoms with Crippen LogP contribution in [0.3, 0.4) is 0 Å². The van der Waals surface area contributed by atoms with E-state index in [9.17, 15) is 0 Å². The molecule has 2 heterocycles. The highest BCUT2D eigenvalue weighted by Crippen LogP contribution is 2.31. The number of halogens is 1. The molecule has 80 valence electrons. The average molecular weight is 235 g/mol. The second kappa shape index (κ2) is 3.33. The summed E-state index contributed by atoms with van der Waals surface area (Å²) in [6, 6.07) is 7.55. The number of nitrogens with one attached hydrogen (secondary N) is 1. The molecule has 3 N–H and O–H groups in total. The molecular weight excluding hydrogens is 228 g/mol. The molecule has 0 saturated carbocycles. The van der Waals surface area contributed by atoms with Gasteiger partial charge in [0.1, 0.15) is 11.1 Å². The van der Waals surface area contributed by atoms with Crippen LogP contribution < -0.4 is 11.3 Å². The summed E-state index contributed by atoms with van der Waals surface area (Å²) in [6.07, 6.45) is 0. The molecule has 2 aromatic heterocycles. The van der Waals surface area contributed by atoms with Crippen molar-refractivity contribution in [2.24, 2.45) is 5.84 Å². The minimum atomic E-state index is 0.131. The molecule has 0 bridgehead atoms. The van der Waals surface area contributed by atoms with Crippen LogP contribution in [0.25, 0.3) is 22.1 Å². The predicted octanol–water partition coefficient (Wildman–Crippen LogP) is 2.32. The van der Waals surface area contributed by atoms with Crippen molar-refractivity contribution in [3.63, 3.8) is 0 Å². The van der Waals surface area contributed by atoms with Crippen LogP contribution in [-0.4, -0.2) is 9.97 Å². The second-order valence-corrected chi connectivity index (χ2v) is 3.60. The van der Waals surface area contributed by atoms with Gasteiger partial charge in [0.25, 0.3) is 0 Å². The highest BCUT2D eigenvalue weighted by molar-refractivity contribution is 6.29. The van der Waals surface area contributed by atoms with E-state index in [4.69, 9.17) is 21.9 Å². The molecule has 6 heteroatoms. The first kappa shape index (κ1) is 9.38. The molecule has 5 nitrogen and oxygen atoms in total. The normalized spacial score (nSPS) is 11.1. The molecule has 1 aromatic carbocycles. The zero-order valence-electron chi connectivity index (χ0n) is 8.07. The molecule has 0 fully saturated rings. The van der Waals surface area contributed by atoms with Gasteiger partial charge in [-0.05, 0) is 23.7 Å². The molecule has 0 saturated heterocycles. The van der Waals surface area contributed by atoms with E-state index in [-0.39, 0.29) is 5.28 Å². The number of hydrogen-bond acceptors (Lipinski definition) is 5. The Morgan fingerprint density at radius 1 is 1.25 bits per heavy atom. The summed E-state index contributed by atoms with van der Waals surface area (Å²) in [5.74, 6) is 5.73. The van der Waals surface area contributed by atoms with E-state index >= 15 is 0 Å². The first-order valence-electron chi connectivity index (χ1n) is 4.61. The number of furan rings is 1. The first-order chi connectivity index (χ1) is 7.79.